The van der Waals surface area contributed by atoms with Gasteiger partial charge in [-0.1, -0.05) is 24.2 Å². The molecule has 0 unspecified atom stereocenters. The second-order valence-corrected chi connectivity index (χ2v) is 5.45. The molecule has 2 aromatic rings. The molecule has 3 rings (SSSR count). The van der Waals surface area contributed by atoms with Crippen LogP contribution in [-0.2, 0) is 19.6 Å². The highest BCUT2D eigenvalue weighted by molar-refractivity contribution is 5.28. The fourth-order valence-electron chi connectivity index (χ4n) is 2.11. The molecular formula is C16H21N3O2. The minimum Gasteiger partial charge on any atom is -0.485 e. The van der Waals surface area contributed by atoms with Crippen molar-refractivity contribution < 1.29 is 9.26 Å². The van der Waals surface area contributed by atoms with Gasteiger partial charge in [0.1, 0.15) is 5.75 Å². The van der Waals surface area contributed by atoms with Crippen molar-refractivity contribution in [2.24, 2.45) is 0 Å². The standard InChI is InChI=1S/C16H21N3O2/c1-2-4-16-18-15(19-21-16)11-20-14-6-3-5-12(9-14)10-17-13-7-8-13/h3,5-6,9,13,17H,2,4,7-8,10-11H2,1H3. The zero-order valence-corrected chi connectivity index (χ0v) is 12.3. The van der Waals surface area contributed by atoms with E-state index in [9.17, 15) is 0 Å². The predicted octanol–water partition coefficient (Wildman–Crippen LogP) is 2.85. The van der Waals surface area contributed by atoms with Crippen molar-refractivity contribution in [1.82, 2.24) is 15.5 Å². The normalized spacial score (nSPS) is 14.3. The molecule has 1 heterocycles. The van der Waals surface area contributed by atoms with Crippen LogP contribution in [0.15, 0.2) is 28.8 Å². The highest BCUT2D eigenvalue weighted by atomic mass is 16.5. The summed E-state index contributed by atoms with van der Waals surface area (Å²) in [5.41, 5.74) is 1.24. The van der Waals surface area contributed by atoms with Gasteiger partial charge >= 0.3 is 0 Å². The number of hydrogen-bond donors (Lipinski definition) is 1. The summed E-state index contributed by atoms with van der Waals surface area (Å²) in [7, 11) is 0. The van der Waals surface area contributed by atoms with Crippen LogP contribution in [0.25, 0.3) is 0 Å². The summed E-state index contributed by atoms with van der Waals surface area (Å²) in [6.07, 6.45) is 4.41. The fraction of sp³-hybridized carbons (Fsp3) is 0.500. The number of rotatable bonds is 8. The molecule has 1 saturated carbocycles. The van der Waals surface area contributed by atoms with E-state index < -0.39 is 0 Å². The van der Waals surface area contributed by atoms with Crippen molar-refractivity contribution >= 4 is 0 Å². The maximum Gasteiger partial charge on any atom is 0.226 e. The summed E-state index contributed by atoms with van der Waals surface area (Å²) in [6, 6.07) is 8.84. The molecule has 21 heavy (non-hydrogen) atoms. The molecule has 1 aromatic heterocycles. The van der Waals surface area contributed by atoms with E-state index in [1.165, 1.54) is 18.4 Å². The molecule has 1 aliphatic carbocycles. The zero-order valence-electron chi connectivity index (χ0n) is 12.3. The molecular weight excluding hydrogens is 266 g/mol. The van der Waals surface area contributed by atoms with Gasteiger partial charge in [0.05, 0.1) is 0 Å². The van der Waals surface area contributed by atoms with Crippen molar-refractivity contribution in [2.75, 3.05) is 0 Å². The first-order valence-electron chi connectivity index (χ1n) is 7.60. The topological polar surface area (TPSA) is 60.2 Å². The smallest absolute Gasteiger partial charge is 0.226 e. The number of nitrogens with one attached hydrogen (secondary N) is 1. The Labute approximate surface area is 124 Å². The maximum atomic E-state index is 5.73. The summed E-state index contributed by atoms with van der Waals surface area (Å²) in [5.74, 6) is 2.12. The van der Waals surface area contributed by atoms with E-state index in [0.29, 0.717) is 24.4 Å². The molecule has 1 fully saturated rings. The van der Waals surface area contributed by atoms with Crippen LogP contribution in [0.1, 0.15) is 43.5 Å². The van der Waals surface area contributed by atoms with Gasteiger partial charge in [0.2, 0.25) is 11.7 Å². The van der Waals surface area contributed by atoms with Gasteiger partial charge < -0.3 is 14.6 Å². The first-order chi connectivity index (χ1) is 10.3. The van der Waals surface area contributed by atoms with E-state index in [0.717, 1.165) is 25.1 Å². The van der Waals surface area contributed by atoms with Gasteiger partial charge in [-0.25, -0.2) is 0 Å². The van der Waals surface area contributed by atoms with E-state index in [-0.39, 0.29) is 0 Å². The van der Waals surface area contributed by atoms with Crippen molar-refractivity contribution in [3.05, 3.63) is 41.5 Å². The third kappa shape index (κ3) is 4.29. The van der Waals surface area contributed by atoms with Crippen LogP contribution < -0.4 is 10.1 Å². The van der Waals surface area contributed by atoms with Gasteiger partial charge in [-0.3, -0.25) is 0 Å². The number of ether oxygens (including phenoxy) is 1. The number of aryl methyl sites for hydroxylation is 1. The molecule has 1 aliphatic rings. The van der Waals surface area contributed by atoms with Gasteiger partial charge in [0.25, 0.3) is 0 Å². The SMILES string of the molecule is CCCc1nc(COc2cccc(CNC3CC3)c2)no1. The third-order valence-corrected chi connectivity index (χ3v) is 3.41. The second-order valence-electron chi connectivity index (χ2n) is 5.45. The summed E-state index contributed by atoms with van der Waals surface area (Å²) in [5, 5.41) is 7.41. The van der Waals surface area contributed by atoms with Crippen LogP contribution in [0, 0.1) is 0 Å². The van der Waals surface area contributed by atoms with E-state index in [1.807, 2.05) is 12.1 Å². The van der Waals surface area contributed by atoms with Crippen LogP contribution >= 0.6 is 0 Å². The average Bonchev–Trinajstić information content (AvgIpc) is 3.23. The van der Waals surface area contributed by atoms with Gasteiger partial charge in [0, 0.05) is 19.0 Å². The summed E-state index contributed by atoms with van der Waals surface area (Å²) >= 11 is 0. The lowest BCUT2D eigenvalue weighted by Gasteiger charge is -2.07. The average molecular weight is 287 g/mol. The van der Waals surface area contributed by atoms with Crippen LogP contribution in [0.2, 0.25) is 0 Å². The molecule has 0 saturated heterocycles. The lowest BCUT2D eigenvalue weighted by Crippen LogP contribution is -2.15. The van der Waals surface area contributed by atoms with E-state index in [4.69, 9.17) is 9.26 Å². The van der Waals surface area contributed by atoms with E-state index in [2.05, 4.69) is 34.5 Å². The second kappa shape index (κ2) is 6.72. The van der Waals surface area contributed by atoms with Gasteiger partial charge in [-0.15, -0.1) is 0 Å². The Hall–Kier alpha value is -1.88. The third-order valence-electron chi connectivity index (χ3n) is 3.41. The number of benzene rings is 1. The van der Waals surface area contributed by atoms with Crippen LogP contribution in [0.4, 0.5) is 0 Å². The summed E-state index contributed by atoms with van der Waals surface area (Å²) < 4.78 is 10.9. The molecule has 0 amide bonds. The first kappa shape index (κ1) is 14.1. The van der Waals surface area contributed by atoms with Crippen LogP contribution in [0.5, 0.6) is 5.75 Å². The maximum absolute atomic E-state index is 5.73. The number of aromatic nitrogens is 2. The predicted molar refractivity (Wildman–Crippen MR) is 78.9 cm³/mol. The largest absolute Gasteiger partial charge is 0.485 e. The zero-order chi connectivity index (χ0) is 14.5. The summed E-state index contributed by atoms with van der Waals surface area (Å²) in [4.78, 5) is 4.29. The van der Waals surface area contributed by atoms with E-state index >= 15 is 0 Å². The van der Waals surface area contributed by atoms with Crippen molar-refractivity contribution in [3.8, 4) is 5.75 Å². The molecule has 0 bridgehead atoms. The lowest BCUT2D eigenvalue weighted by atomic mass is 10.2. The first-order valence-corrected chi connectivity index (χ1v) is 7.60. The molecule has 5 heteroatoms. The Balaban J connectivity index is 1.52. The Kier molecular flexibility index (Phi) is 4.50. The van der Waals surface area contributed by atoms with Gasteiger partial charge in [-0.2, -0.15) is 4.98 Å². The highest BCUT2D eigenvalue weighted by Crippen LogP contribution is 2.20. The molecule has 1 N–H and O–H groups in total. The summed E-state index contributed by atoms with van der Waals surface area (Å²) in [6.45, 7) is 3.32. The number of nitrogens with zero attached hydrogens (tertiary/aromatic N) is 2. The molecule has 0 spiro atoms. The molecule has 5 nitrogen and oxygen atoms in total. The molecule has 0 radical (unpaired) electrons. The van der Waals surface area contributed by atoms with Crippen LogP contribution in [-0.4, -0.2) is 16.2 Å². The van der Waals surface area contributed by atoms with Gasteiger partial charge in [0.15, 0.2) is 6.61 Å². The minimum absolute atomic E-state index is 0.340. The minimum atomic E-state index is 0.340. The Morgan fingerprint density at radius 2 is 2.29 bits per heavy atom. The van der Waals surface area contributed by atoms with Crippen LogP contribution in [0.3, 0.4) is 0 Å². The van der Waals surface area contributed by atoms with Crippen molar-refractivity contribution in [2.45, 2.75) is 51.8 Å². The quantitative estimate of drug-likeness (QED) is 0.809. The lowest BCUT2D eigenvalue weighted by molar-refractivity contribution is 0.284. The van der Waals surface area contributed by atoms with Crippen molar-refractivity contribution in [3.63, 3.8) is 0 Å². The number of hydrogen-bond acceptors (Lipinski definition) is 5. The molecule has 112 valence electrons. The van der Waals surface area contributed by atoms with Crippen molar-refractivity contribution in [1.29, 1.82) is 0 Å². The molecule has 0 aliphatic heterocycles. The molecule has 1 aromatic carbocycles. The fourth-order valence-corrected chi connectivity index (χ4v) is 2.11. The molecule has 0 atom stereocenters. The van der Waals surface area contributed by atoms with Gasteiger partial charge in [-0.05, 0) is 37.0 Å². The Bertz CT molecular complexity index is 578. The monoisotopic (exact) mass is 287 g/mol. The Morgan fingerprint density at radius 1 is 1.38 bits per heavy atom. The van der Waals surface area contributed by atoms with E-state index in [1.54, 1.807) is 0 Å². The highest BCUT2D eigenvalue weighted by Gasteiger charge is 2.19. The Morgan fingerprint density at radius 3 is 3.10 bits per heavy atom.